The minimum Gasteiger partial charge on any atom is -0.391 e. The molecule has 1 aromatic rings. The summed E-state index contributed by atoms with van der Waals surface area (Å²) in [5, 5.41) is 13.6. The number of hydrogen-bond acceptors (Lipinski definition) is 3. The van der Waals surface area contributed by atoms with E-state index in [1.54, 1.807) is 0 Å². The number of rotatable bonds is 6. The lowest BCUT2D eigenvalue weighted by atomic mass is 9.91. The molecule has 112 valence electrons. The molecule has 2 atom stereocenters. The second-order valence-corrected chi connectivity index (χ2v) is 5.87. The maximum atomic E-state index is 10.1. The van der Waals surface area contributed by atoms with Gasteiger partial charge >= 0.3 is 0 Å². The highest BCUT2D eigenvalue weighted by Crippen LogP contribution is 2.26. The summed E-state index contributed by atoms with van der Waals surface area (Å²) in [5.74, 6) is 0. The largest absolute Gasteiger partial charge is 0.391 e. The zero-order chi connectivity index (χ0) is 14.4. The molecule has 3 nitrogen and oxygen atoms in total. The van der Waals surface area contributed by atoms with Crippen LogP contribution in [0.1, 0.15) is 44.6 Å². The molecule has 1 saturated carbocycles. The van der Waals surface area contributed by atoms with Crippen LogP contribution in [0.15, 0.2) is 24.3 Å². The fourth-order valence-corrected chi connectivity index (χ4v) is 2.99. The fraction of sp³-hybridized carbons (Fsp3) is 0.647. The minimum absolute atomic E-state index is 0.181. The lowest BCUT2D eigenvalue weighted by Gasteiger charge is -2.36. The van der Waals surface area contributed by atoms with E-state index in [9.17, 15) is 5.11 Å². The molecular weight excluding hydrogens is 248 g/mol. The molecule has 0 aromatic heterocycles. The molecule has 0 heterocycles. The number of hydrogen-bond donors (Lipinski definition) is 2. The lowest BCUT2D eigenvalue weighted by Crippen LogP contribution is -2.43. The molecule has 0 radical (unpaired) electrons. The Labute approximate surface area is 123 Å². The quantitative estimate of drug-likeness (QED) is 0.784. The van der Waals surface area contributed by atoms with Crippen molar-refractivity contribution < 1.29 is 5.11 Å². The predicted octanol–water partition coefficient (Wildman–Crippen LogP) is 2.93. The zero-order valence-corrected chi connectivity index (χ0v) is 12.8. The van der Waals surface area contributed by atoms with Crippen LogP contribution in [0.2, 0.25) is 0 Å². The Balaban J connectivity index is 1.94. The first-order chi connectivity index (χ1) is 9.72. The van der Waals surface area contributed by atoms with Gasteiger partial charge in [-0.3, -0.25) is 0 Å². The van der Waals surface area contributed by atoms with Crippen molar-refractivity contribution in [1.29, 1.82) is 0 Å². The molecule has 0 aliphatic heterocycles. The van der Waals surface area contributed by atoms with Crippen molar-refractivity contribution >= 4 is 5.69 Å². The van der Waals surface area contributed by atoms with E-state index >= 15 is 0 Å². The first kappa shape index (κ1) is 15.3. The van der Waals surface area contributed by atoms with Crippen molar-refractivity contribution in [2.45, 2.75) is 57.7 Å². The van der Waals surface area contributed by atoms with Crippen molar-refractivity contribution in [3.8, 4) is 0 Å². The van der Waals surface area contributed by atoms with Gasteiger partial charge in [0.05, 0.1) is 12.1 Å². The van der Waals surface area contributed by atoms with Gasteiger partial charge in [0.1, 0.15) is 0 Å². The molecule has 20 heavy (non-hydrogen) atoms. The van der Waals surface area contributed by atoms with Crippen LogP contribution < -0.4 is 10.2 Å². The molecule has 0 saturated heterocycles. The molecule has 1 fully saturated rings. The number of aliphatic hydroxyl groups is 1. The van der Waals surface area contributed by atoms with Crippen molar-refractivity contribution in [3.05, 3.63) is 29.8 Å². The average Bonchev–Trinajstić information content (AvgIpc) is 2.48. The topological polar surface area (TPSA) is 35.5 Å². The Hall–Kier alpha value is -1.06. The number of nitrogens with one attached hydrogen (secondary N) is 1. The van der Waals surface area contributed by atoms with Gasteiger partial charge in [-0.05, 0) is 43.5 Å². The molecular formula is C17H28N2O. The van der Waals surface area contributed by atoms with Gasteiger partial charge in [-0.1, -0.05) is 31.9 Å². The van der Waals surface area contributed by atoms with E-state index in [-0.39, 0.29) is 12.1 Å². The molecule has 1 aliphatic carbocycles. The van der Waals surface area contributed by atoms with Crippen LogP contribution in [-0.4, -0.2) is 30.8 Å². The van der Waals surface area contributed by atoms with E-state index in [0.29, 0.717) is 0 Å². The van der Waals surface area contributed by atoms with Gasteiger partial charge in [-0.2, -0.15) is 0 Å². The maximum Gasteiger partial charge on any atom is 0.0743 e. The summed E-state index contributed by atoms with van der Waals surface area (Å²) in [5.41, 5.74) is 2.52. The smallest absolute Gasteiger partial charge is 0.0743 e. The SMILES string of the molecule is CCCNCc1ccc(N(C)C2CCCCC2O)cc1. The van der Waals surface area contributed by atoms with Crippen LogP contribution >= 0.6 is 0 Å². The highest BCUT2D eigenvalue weighted by Gasteiger charge is 2.26. The van der Waals surface area contributed by atoms with E-state index in [2.05, 4.69) is 48.5 Å². The summed E-state index contributed by atoms with van der Waals surface area (Å²) >= 11 is 0. The normalized spacial score (nSPS) is 22.8. The lowest BCUT2D eigenvalue weighted by molar-refractivity contribution is 0.106. The first-order valence-electron chi connectivity index (χ1n) is 7.93. The summed E-state index contributed by atoms with van der Waals surface area (Å²) < 4.78 is 0. The molecule has 2 unspecified atom stereocenters. The van der Waals surface area contributed by atoms with Crippen molar-refractivity contribution in [2.75, 3.05) is 18.5 Å². The van der Waals surface area contributed by atoms with Gasteiger partial charge < -0.3 is 15.3 Å². The predicted molar refractivity (Wildman–Crippen MR) is 85.1 cm³/mol. The van der Waals surface area contributed by atoms with Gasteiger partial charge in [0, 0.05) is 19.3 Å². The highest BCUT2D eigenvalue weighted by molar-refractivity contribution is 5.48. The molecule has 0 spiro atoms. The summed E-state index contributed by atoms with van der Waals surface area (Å²) in [7, 11) is 2.10. The number of aliphatic hydroxyl groups excluding tert-OH is 1. The summed E-state index contributed by atoms with van der Waals surface area (Å²) in [6.45, 7) is 4.18. The summed E-state index contributed by atoms with van der Waals surface area (Å²) in [6.07, 6.45) is 5.41. The molecule has 0 bridgehead atoms. The molecule has 1 aliphatic rings. The number of likely N-dealkylation sites (N-methyl/N-ethyl adjacent to an activating group) is 1. The van der Waals surface area contributed by atoms with E-state index < -0.39 is 0 Å². The van der Waals surface area contributed by atoms with Crippen molar-refractivity contribution in [2.24, 2.45) is 0 Å². The Morgan fingerprint density at radius 1 is 1.20 bits per heavy atom. The average molecular weight is 276 g/mol. The fourth-order valence-electron chi connectivity index (χ4n) is 2.99. The second-order valence-electron chi connectivity index (χ2n) is 5.87. The Morgan fingerprint density at radius 3 is 2.55 bits per heavy atom. The standard InChI is InChI=1S/C17H28N2O/c1-3-12-18-13-14-8-10-15(11-9-14)19(2)16-6-4-5-7-17(16)20/h8-11,16-18,20H,3-7,12-13H2,1-2H3. The van der Waals surface area contributed by atoms with Gasteiger partial charge in [-0.25, -0.2) is 0 Å². The zero-order valence-electron chi connectivity index (χ0n) is 12.8. The Kier molecular flexibility index (Phi) is 5.86. The second kappa shape index (κ2) is 7.65. The van der Waals surface area contributed by atoms with E-state index in [1.165, 1.54) is 24.1 Å². The van der Waals surface area contributed by atoms with E-state index in [1.807, 2.05) is 0 Å². The summed E-state index contributed by atoms with van der Waals surface area (Å²) in [6, 6.07) is 8.98. The number of nitrogens with zero attached hydrogens (tertiary/aromatic N) is 1. The minimum atomic E-state index is -0.181. The van der Waals surface area contributed by atoms with Gasteiger partial charge in [0.25, 0.3) is 0 Å². The van der Waals surface area contributed by atoms with Crippen molar-refractivity contribution in [3.63, 3.8) is 0 Å². The van der Waals surface area contributed by atoms with Crippen LogP contribution in [-0.2, 0) is 6.54 Å². The number of anilines is 1. The Morgan fingerprint density at radius 2 is 1.90 bits per heavy atom. The van der Waals surface area contributed by atoms with Crippen LogP contribution in [0, 0.1) is 0 Å². The van der Waals surface area contributed by atoms with E-state index in [4.69, 9.17) is 0 Å². The van der Waals surface area contributed by atoms with Crippen molar-refractivity contribution in [1.82, 2.24) is 5.32 Å². The maximum absolute atomic E-state index is 10.1. The molecule has 3 heteroatoms. The molecule has 0 amide bonds. The molecule has 2 N–H and O–H groups in total. The van der Waals surface area contributed by atoms with Crippen LogP contribution in [0.5, 0.6) is 0 Å². The third-order valence-electron chi connectivity index (χ3n) is 4.29. The van der Waals surface area contributed by atoms with E-state index in [0.717, 1.165) is 32.4 Å². The monoisotopic (exact) mass is 276 g/mol. The Bertz CT molecular complexity index is 390. The van der Waals surface area contributed by atoms with Crippen LogP contribution in [0.4, 0.5) is 5.69 Å². The summed E-state index contributed by atoms with van der Waals surface area (Å²) in [4.78, 5) is 2.24. The molecule has 1 aromatic carbocycles. The first-order valence-corrected chi connectivity index (χ1v) is 7.93. The van der Waals surface area contributed by atoms with Crippen LogP contribution in [0.25, 0.3) is 0 Å². The van der Waals surface area contributed by atoms with Gasteiger partial charge in [0.15, 0.2) is 0 Å². The van der Waals surface area contributed by atoms with Crippen LogP contribution in [0.3, 0.4) is 0 Å². The number of benzene rings is 1. The third-order valence-corrected chi connectivity index (χ3v) is 4.29. The highest BCUT2D eigenvalue weighted by atomic mass is 16.3. The van der Waals surface area contributed by atoms with Gasteiger partial charge in [0.2, 0.25) is 0 Å². The molecule has 2 rings (SSSR count). The third kappa shape index (κ3) is 3.97. The van der Waals surface area contributed by atoms with Gasteiger partial charge in [-0.15, -0.1) is 0 Å².